The number of carbonyl (C=O) groups is 9. The van der Waals surface area contributed by atoms with E-state index in [-0.39, 0.29) is 94.0 Å². The standard InChI is InChI=1S/C13H24N2O2.C12H24N2O.C11H18FNO.C11H20N2O.C10H18N2O.C9H17NO2S.2C9H17NO/c1-6-12(16)15-10(4)7-14(8-11(15)5)13(17)9(2)3;1-10(2)11(15)13-6-8-14(9-7-13)12(3,4)5;1-8(2)9(14)13-6-11(7-13)4-10(3,12)5-11;1-9(2)10(14)13-7-6-12(3)11(8-13)4-5-11;1-8(2)9(13)12-6-5-11-10(7-12)3-4-10;1-8(2)9(11)10-4-6-13(3,12)7-5-10;2*1-8(2)9(11)10-6-4-3-5-7-10/h9-11H,6-8H2,1-5H3;10H,6-9H2,1-5H3;8H,4-7H2,1-3H3;9H,4-8H2,1-3H3;8,11H,3-7H2,1-2H3;8H,3-7H2,1-2H3;2*8H,3-7H2,1-2H3. The Morgan fingerprint density at radius 2 is 0.778 bits per heavy atom. The van der Waals surface area contributed by atoms with E-state index in [1.165, 1.54) is 64.2 Å². The van der Waals surface area contributed by atoms with Crippen molar-refractivity contribution in [2.45, 2.75) is 277 Å². The molecule has 0 bridgehead atoms. The molecule has 24 heteroatoms. The van der Waals surface area contributed by atoms with Crippen molar-refractivity contribution in [1.82, 2.24) is 59.2 Å². The molecule has 11 aliphatic rings. The highest BCUT2D eigenvalue weighted by Crippen LogP contribution is 2.56. The third-order valence-electron chi connectivity index (χ3n) is 23.0. The summed E-state index contributed by atoms with van der Waals surface area (Å²) in [6, 6.07) is 0.239. The van der Waals surface area contributed by atoms with Crippen LogP contribution in [-0.4, -0.2) is 301 Å². The van der Waals surface area contributed by atoms with Crippen LogP contribution in [0.3, 0.4) is 0 Å². The summed E-state index contributed by atoms with van der Waals surface area (Å²) in [6.07, 6.45) is 14.2. The number of piperazine rings is 4. The molecular weight excluding hydrogens is 1390 g/mol. The molecule has 1 N–H and O–H groups in total. The van der Waals surface area contributed by atoms with E-state index in [9.17, 15) is 51.8 Å². The van der Waals surface area contributed by atoms with E-state index in [4.69, 9.17) is 0 Å². The van der Waals surface area contributed by atoms with Gasteiger partial charge in [0.2, 0.25) is 53.2 Å². The number of amides is 9. The Morgan fingerprint density at radius 3 is 1.12 bits per heavy atom. The highest BCUT2D eigenvalue weighted by molar-refractivity contribution is 8.00. The first-order chi connectivity index (χ1) is 50.1. The SMILES string of the molecule is C=S1(=O)CCN(C(=O)C(C)C)CC1.CC(C)C(=O)N1CC2(C1)CC(C)(F)C2.CC(C)C(=O)N1CCCCC1.CC(C)C(=O)N1CCCCC1.CC(C)C(=O)N1CCN(C(C)(C)C)CC1.CC(C)C(=O)N1CCN(C)C2(CC2)C1.CC(C)C(=O)N1CCNC2(CC2)C1.CCC(=O)N1C(C)CN(C(=O)C(C)C)CC1C. The summed E-state index contributed by atoms with van der Waals surface area (Å²) < 4.78 is 24.8. The molecule has 0 aromatic heterocycles. The highest BCUT2D eigenvalue weighted by atomic mass is 32.2. The van der Waals surface area contributed by atoms with E-state index in [1.54, 1.807) is 11.8 Å². The average Bonchev–Trinajstić information content (AvgIpc) is 1.16. The van der Waals surface area contributed by atoms with E-state index in [1.807, 2.05) is 166 Å². The third-order valence-corrected chi connectivity index (χ3v) is 24.8. The molecule has 22 nitrogen and oxygen atoms in total. The van der Waals surface area contributed by atoms with Crippen molar-refractivity contribution in [2.24, 2.45) is 52.8 Å². The number of hydrogen-bond acceptors (Lipinski definition) is 13. The summed E-state index contributed by atoms with van der Waals surface area (Å²) in [7, 11) is 0.316. The lowest BCUT2D eigenvalue weighted by Gasteiger charge is -2.60. The lowest BCUT2D eigenvalue weighted by atomic mass is 9.56. The maximum Gasteiger partial charge on any atom is 0.225 e. The van der Waals surface area contributed by atoms with Gasteiger partial charge in [0.15, 0.2) is 0 Å². The van der Waals surface area contributed by atoms with Gasteiger partial charge in [-0.15, -0.1) is 0 Å². The van der Waals surface area contributed by atoms with Crippen LogP contribution in [0.25, 0.3) is 0 Å². The van der Waals surface area contributed by atoms with Gasteiger partial charge in [-0.1, -0.05) is 118 Å². The molecule has 3 saturated carbocycles. The molecule has 3 spiro atoms. The molecule has 624 valence electrons. The molecule has 11 rings (SSSR count). The van der Waals surface area contributed by atoms with Crippen LogP contribution in [0.2, 0.25) is 0 Å². The first-order valence-corrected chi connectivity index (χ1v) is 44.0. The second-order valence-electron chi connectivity index (χ2n) is 37.1. The van der Waals surface area contributed by atoms with Crippen LogP contribution in [0.1, 0.15) is 243 Å². The van der Waals surface area contributed by atoms with Gasteiger partial charge < -0.3 is 49.4 Å². The molecule has 11 fully saturated rings. The molecule has 8 heterocycles. The molecule has 8 saturated heterocycles. The molecule has 108 heavy (non-hydrogen) atoms. The smallest absolute Gasteiger partial charge is 0.225 e. The van der Waals surface area contributed by atoms with Gasteiger partial charge in [-0.2, -0.15) is 0 Å². The zero-order valence-corrected chi connectivity index (χ0v) is 73.3. The van der Waals surface area contributed by atoms with E-state index in [2.05, 4.69) is 53.7 Å². The van der Waals surface area contributed by atoms with Gasteiger partial charge in [-0.25, -0.2) is 4.39 Å². The number of nitrogens with zero attached hydrogens (tertiary/aromatic N) is 11. The molecule has 2 atom stereocenters. The van der Waals surface area contributed by atoms with Gasteiger partial charge in [0.05, 0.1) is 0 Å². The molecule has 8 aliphatic heterocycles. The minimum atomic E-state index is -1.87. The Balaban J connectivity index is 0.000000262. The maximum atomic E-state index is 13.3. The zero-order valence-electron chi connectivity index (χ0n) is 72.5. The fourth-order valence-corrected chi connectivity index (χ4v) is 17.4. The number of rotatable bonds is 9. The Hall–Kier alpha value is -4.94. The van der Waals surface area contributed by atoms with Gasteiger partial charge in [0, 0.05) is 230 Å². The van der Waals surface area contributed by atoms with Crippen LogP contribution in [-0.2, 0) is 52.7 Å². The number of nitrogens with one attached hydrogen (secondary N) is 1. The van der Waals surface area contributed by atoms with Crippen molar-refractivity contribution >= 4 is 68.6 Å². The van der Waals surface area contributed by atoms with Crippen molar-refractivity contribution < 1.29 is 51.8 Å². The molecule has 0 radical (unpaired) electrons. The van der Waals surface area contributed by atoms with E-state index < -0.39 is 15.2 Å². The minimum absolute atomic E-state index is 0.0304. The van der Waals surface area contributed by atoms with Gasteiger partial charge in [-0.3, -0.25) is 57.2 Å². The molecule has 0 aromatic carbocycles. The minimum Gasteiger partial charge on any atom is -0.342 e. The van der Waals surface area contributed by atoms with Crippen LogP contribution in [0.5, 0.6) is 0 Å². The first-order valence-electron chi connectivity index (χ1n) is 41.9. The van der Waals surface area contributed by atoms with Gasteiger partial charge in [-0.05, 0) is 141 Å². The number of likely N-dealkylation sites (tertiary alicyclic amines) is 3. The number of piperidine rings is 2. The molecule has 3 aliphatic carbocycles. The quantitative estimate of drug-likeness (QED) is 0.213. The topological polar surface area (TPSA) is 218 Å². The lowest BCUT2D eigenvalue weighted by molar-refractivity contribution is -0.172. The predicted octanol–water partition coefficient (Wildman–Crippen LogP) is 10.1. The summed E-state index contributed by atoms with van der Waals surface area (Å²) in [5.74, 6) is 8.02. The van der Waals surface area contributed by atoms with Crippen LogP contribution in [0.4, 0.5) is 4.39 Å². The van der Waals surface area contributed by atoms with Gasteiger partial charge in [0.1, 0.15) is 5.67 Å². The van der Waals surface area contributed by atoms with Crippen molar-refractivity contribution in [3.8, 4) is 0 Å². The monoisotopic (exact) mass is 1540 g/mol. The third kappa shape index (κ3) is 29.5. The number of carbonyl (C=O) groups excluding carboxylic acids is 9. The van der Waals surface area contributed by atoms with Crippen molar-refractivity contribution in [1.29, 1.82) is 0 Å². The summed E-state index contributed by atoms with van der Waals surface area (Å²) in [6.45, 7) is 62.9. The normalized spacial score (nSPS) is 23.2. The average molecular weight is 1540 g/mol. The highest BCUT2D eigenvalue weighted by Gasteiger charge is 2.59. The van der Waals surface area contributed by atoms with Crippen LogP contribution < -0.4 is 5.32 Å². The summed E-state index contributed by atoms with van der Waals surface area (Å²) in [5, 5.41) is 3.50. The summed E-state index contributed by atoms with van der Waals surface area (Å²) >= 11 is 0. The molecule has 0 aromatic rings. The Kier molecular flexibility index (Phi) is 37.3. The molecule has 2 unspecified atom stereocenters. The van der Waals surface area contributed by atoms with Crippen LogP contribution >= 0.6 is 0 Å². The summed E-state index contributed by atoms with van der Waals surface area (Å²) in [5.41, 5.74) is 0.0968. The largest absolute Gasteiger partial charge is 0.342 e. The number of alkyl halides is 1. The first kappa shape index (κ1) is 95.4. The van der Waals surface area contributed by atoms with E-state index >= 15 is 0 Å². The second kappa shape index (κ2) is 42.3. The number of hydrogen-bond donors (Lipinski definition) is 1. The lowest BCUT2D eigenvalue weighted by Crippen LogP contribution is -2.67. The van der Waals surface area contributed by atoms with Crippen molar-refractivity contribution in [3.63, 3.8) is 0 Å². The fraction of sp³-hybridized carbons (Fsp3) is 0.881. The zero-order chi connectivity index (χ0) is 81.8. The van der Waals surface area contributed by atoms with Crippen molar-refractivity contribution in [2.75, 3.05) is 149 Å². The molecule has 9 amide bonds. The Bertz CT molecular complexity index is 2940. The number of halogens is 1. The second-order valence-corrected chi connectivity index (χ2v) is 39.9. The fourth-order valence-electron chi connectivity index (χ4n) is 16.1. The maximum absolute atomic E-state index is 13.3. The van der Waals surface area contributed by atoms with Crippen LogP contribution in [0.15, 0.2) is 0 Å². The Labute approximate surface area is 655 Å². The van der Waals surface area contributed by atoms with Crippen molar-refractivity contribution in [3.05, 3.63) is 0 Å². The van der Waals surface area contributed by atoms with Gasteiger partial charge in [0.25, 0.3) is 0 Å². The summed E-state index contributed by atoms with van der Waals surface area (Å²) in [4.78, 5) is 127. The number of likely N-dealkylation sites (N-methyl/N-ethyl adjacent to an activating group) is 1. The van der Waals surface area contributed by atoms with Crippen LogP contribution in [0, 0.1) is 52.8 Å². The predicted molar refractivity (Wildman–Crippen MR) is 437 cm³/mol. The Morgan fingerprint density at radius 1 is 0.444 bits per heavy atom. The van der Waals surface area contributed by atoms with E-state index in [0.717, 1.165) is 105 Å². The molecular formula is C84H155FN12O10S. The van der Waals surface area contributed by atoms with E-state index in [0.29, 0.717) is 97.6 Å². The van der Waals surface area contributed by atoms with Gasteiger partial charge >= 0.3 is 0 Å².